The number of nitrogens with zero attached hydrogens (tertiary/aromatic N) is 7. The first kappa shape index (κ1) is 26.4. The molecule has 2 saturated heterocycles. The number of nitrogens with one attached hydrogen (secondary N) is 1. The molecule has 10 nitrogen and oxygen atoms in total. The lowest BCUT2D eigenvalue weighted by molar-refractivity contribution is 0.0610. The summed E-state index contributed by atoms with van der Waals surface area (Å²) in [4.78, 5) is 28.1. The van der Waals surface area contributed by atoms with Crippen LogP contribution in [0.15, 0.2) is 42.7 Å². The molecule has 1 amide bonds. The first-order valence-corrected chi connectivity index (χ1v) is 13.7. The van der Waals surface area contributed by atoms with Crippen LogP contribution in [0.4, 0.5) is 11.6 Å². The molecule has 202 valence electrons. The third kappa shape index (κ3) is 5.62. The number of hydrogen-bond donors (Lipinski definition) is 2. The number of piperidine rings is 1. The minimum atomic E-state index is -0.391. The summed E-state index contributed by atoms with van der Waals surface area (Å²) in [6.07, 6.45) is 7.12. The molecule has 2 aliphatic rings. The molecule has 2 aliphatic heterocycles. The summed E-state index contributed by atoms with van der Waals surface area (Å²) in [6, 6.07) is 11.6. The van der Waals surface area contributed by atoms with Gasteiger partial charge in [0.05, 0.1) is 5.69 Å². The van der Waals surface area contributed by atoms with Crippen molar-refractivity contribution in [3.8, 4) is 5.69 Å². The summed E-state index contributed by atoms with van der Waals surface area (Å²) in [5, 5.41) is 7.04. The van der Waals surface area contributed by atoms with E-state index in [2.05, 4.69) is 66.3 Å². The molecule has 38 heavy (non-hydrogen) atoms. The Morgan fingerprint density at radius 1 is 1.13 bits per heavy atom. The second kappa shape index (κ2) is 11.7. The molecule has 0 saturated carbocycles. The van der Waals surface area contributed by atoms with Gasteiger partial charge in [-0.25, -0.2) is 14.6 Å². The van der Waals surface area contributed by atoms with Crippen LogP contribution < -0.4 is 16.0 Å². The third-order valence-corrected chi connectivity index (χ3v) is 8.00. The summed E-state index contributed by atoms with van der Waals surface area (Å²) in [5.41, 5.74) is 8.52. The van der Waals surface area contributed by atoms with Crippen LogP contribution in [0.3, 0.4) is 0 Å². The lowest BCUT2D eigenvalue weighted by Crippen LogP contribution is -2.58. The molecule has 2 fully saturated rings. The van der Waals surface area contributed by atoms with Crippen LogP contribution >= 0.6 is 11.6 Å². The number of carbonyl (C=O) groups is 1. The number of hydrogen-bond acceptors (Lipinski definition) is 8. The molecule has 0 spiro atoms. The minimum absolute atomic E-state index is 0.0625. The van der Waals surface area contributed by atoms with E-state index in [1.807, 2.05) is 16.9 Å². The Bertz CT molecular complexity index is 1230. The Labute approximate surface area is 228 Å². The maximum Gasteiger partial charge on any atom is 0.273 e. The molecule has 0 radical (unpaired) electrons. The molecule has 1 aromatic carbocycles. The topological polar surface area (TPSA) is 108 Å². The van der Waals surface area contributed by atoms with Crippen molar-refractivity contribution in [1.29, 1.82) is 0 Å². The van der Waals surface area contributed by atoms with Gasteiger partial charge in [-0.1, -0.05) is 30.7 Å². The van der Waals surface area contributed by atoms with Gasteiger partial charge in [-0.15, -0.1) is 0 Å². The number of aromatic nitrogens is 4. The second-order valence-electron chi connectivity index (χ2n) is 10.0. The van der Waals surface area contributed by atoms with Crippen LogP contribution in [0.25, 0.3) is 5.69 Å². The predicted octanol–water partition coefficient (Wildman–Crippen LogP) is 2.82. The molecular weight excluding hydrogens is 502 g/mol. The fraction of sp³-hybridized carbons (Fsp3) is 0.481. The van der Waals surface area contributed by atoms with E-state index in [9.17, 15) is 4.79 Å². The number of piperazine rings is 1. The highest BCUT2D eigenvalue weighted by atomic mass is 35.5. The quantitative estimate of drug-likeness (QED) is 0.473. The van der Waals surface area contributed by atoms with Gasteiger partial charge in [-0.05, 0) is 56.1 Å². The average Bonchev–Trinajstić information content (AvgIpc) is 3.49. The summed E-state index contributed by atoms with van der Waals surface area (Å²) in [5.74, 6) is 0.267. The summed E-state index contributed by atoms with van der Waals surface area (Å²) >= 11 is 6.45. The van der Waals surface area contributed by atoms with E-state index in [0.29, 0.717) is 17.9 Å². The van der Waals surface area contributed by atoms with Gasteiger partial charge in [0.15, 0.2) is 22.5 Å². The van der Waals surface area contributed by atoms with Gasteiger partial charge < -0.3 is 16.0 Å². The molecule has 0 bridgehead atoms. The van der Waals surface area contributed by atoms with Gasteiger partial charge in [0.1, 0.15) is 0 Å². The number of nitrogens with two attached hydrogens (primary N) is 1. The van der Waals surface area contributed by atoms with Gasteiger partial charge in [0, 0.05) is 57.7 Å². The van der Waals surface area contributed by atoms with Crippen molar-refractivity contribution in [2.75, 3.05) is 50.4 Å². The van der Waals surface area contributed by atoms with Crippen molar-refractivity contribution in [1.82, 2.24) is 34.9 Å². The molecule has 2 aromatic heterocycles. The lowest BCUT2D eigenvalue weighted by atomic mass is 9.98. The maximum atomic E-state index is 12.0. The first-order valence-electron chi connectivity index (χ1n) is 13.3. The van der Waals surface area contributed by atoms with E-state index in [4.69, 9.17) is 17.3 Å². The molecular formula is C27H36ClN9O. The van der Waals surface area contributed by atoms with E-state index in [-0.39, 0.29) is 16.7 Å². The number of amides is 1. The lowest BCUT2D eigenvalue weighted by Gasteiger charge is -2.47. The number of rotatable bonds is 7. The standard InChI is InChI=1S/C27H36ClN9O/c1-3-20-18-35(26-24(28)32-23(25(29)33-26)27(38)30-2)15-16-36(20)21-9-13-34(14-10-21)17-19-5-7-22(8-6-19)37-12-4-11-31-37/h4-8,11-12,20-21H,3,9-10,13-18H2,1-2H3,(H2,29,33)(H,30,38)/t20-/m0/s1. The van der Waals surface area contributed by atoms with Crippen molar-refractivity contribution in [2.45, 2.75) is 44.8 Å². The molecule has 0 unspecified atom stereocenters. The highest BCUT2D eigenvalue weighted by molar-refractivity contribution is 6.32. The smallest absolute Gasteiger partial charge is 0.273 e. The van der Waals surface area contributed by atoms with Gasteiger partial charge >= 0.3 is 0 Å². The molecule has 11 heteroatoms. The van der Waals surface area contributed by atoms with Crippen LogP contribution in [-0.4, -0.2) is 87.3 Å². The van der Waals surface area contributed by atoms with Crippen LogP contribution in [0.5, 0.6) is 0 Å². The Kier molecular flexibility index (Phi) is 8.11. The fourth-order valence-electron chi connectivity index (χ4n) is 5.65. The molecule has 3 N–H and O–H groups in total. The molecule has 4 heterocycles. The Hall–Kier alpha value is -3.21. The minimum Gasteiger partial charge on any atom is -0.382 e. The molecule has 1 atom stereocenters. The number of anilines is 2. The number of likely N-dealkylation sites (tertiary alicyclic amines) is 1. The van der Waals surface area contributed by atoms with E-state index < -0.39 is 5.91 Å². The molecule has 0 aliphatic carbocycles. The van der Waals surface area contributed by atoms with Crippen molar-refractivity contribution in [2.24, 2.45) is 0 Å². The maximum absolute atomic E-state index is 12.0. The zero-order valence-corrected chi connectivity index (χ0v) is 22.8. The highest BCUT2D eigenvalue weighted by Crippen LogP contribution is 2.30. The summed E-state index contributed by atoms with van der Waals surface area (Å²) in [7, 11) is 1.53. The Balaban J connectivity index is 1.16. The van der Waals surface area contributed by atoms with Crippen LogP contribution in [0.1, 0.15) is 42.2 Å². The largest absolute Gasteiger partial charge is 0.382 e. The van der Waals surface area contributed by atoms with Crippen LogP contribution in [0, 0.1) is 0 Å². The van der Waals surface area contributed by atoms with Crippen molar-refractivity contribution < 1.29 is 4.79 Å². The van der Waals surface area contributed by atoms with Gasteiger partial charge in [-0.3, -0.25) is 14.6 Å². The Morgan fingerprint density at radius 2 is 1.89 bits per heavy atom. The highest BCUT2D eigenvalue weighted by Gasteiger charge is 2.34. The van der Waals surface area contributed by atoms with Crippen LogP contribution in [-0.2, 0) is 6.54 Å². The van der Waals surface area contributed by atoms with E-state index in [1.54, 1.807) is 6.20 Å². The SMILES string of the molecule is CC[C@H]1CN(c2nc(N)c(C(=O)NC)nc2Cl)CCN1C1CCN(Cc2ccc(-n3cccn3)cc2)CC1. The fourth-order valence-corrected chi connectivity index (χ4v) is 5.90. The molecule has 5 rings (SSSR count). The normalized spacial score (nSPS) is 19.6. The number of nitrogen functional groups attached to an aromatic ring is 1. The number of halogens is 1. The number of carbonyl (C=O) groups excluding carboxylic acids is 1. The first-order chi connectivity index (χ1) is 18.5. The van der Waals surface area contributed by atoms with Crippen molar-refractivity contribution >= 4 is 29.1 Å². The predicted molar refractivity (Wildman–Crippen MR) is 150 cm³/mol. The van der Waals surface area contributed by atoms with Crippen molar-refractivity contribution in [3.05, 3.63) is 59.1 Å². The third-order valence-electron chi connectivity index (χ3n) is 7.74. The van der Waals surface area contributed by atoms with Crippen LogP contribution in [0.2, 0.25) is 5.15 Å². The number of benzene rings is 1. The molecule has 3 aromatic rings. The monoisotopic (exact) mass is 537 g/mol. The van der Waals surface area contributed by atoms with Gasteiger partial charge in [-0.2, -0.15) is 5.10 Å². The summed E-state index contributed by atoms with van der Waals surface area (Å²) < 4.78 is 1.88. The summed E-state index contributed by atoms with van der Waals surface area (Å²) in [6.45, 7) is 7.95. The van der Waals surface area contributed by atoms with E-state index in [1.165, 1.54) is 12.6 Å². The zero-order valence-electron chi connectivity index (χ0n) is 22.1. The van der Waals surface area contributed by atoms with E-state index >= 15 is 0 Å². The van der Waals surface area contributed by atoms with E-state index in [0.717, 1.165) is 64.2 Å². The Morgan fingerprint density at radius 3 is 2.55 bits per heavy atom. The van der Waals surface area contributed by atoms with Gasteiger partial charge in [0.25, 0.3) is 5.91 Å². The average molecular weight is 538 g/mol. The zero-order chi connectivity index (χ0) is 26.6. The van der Waals surface area contributed by atoms with Gasteiger partial charge in [0.2, 0.25) is 0 Å². The van der Waals surface area contributed by atoms with Crippen molar-refractivity contribution in [3.63, 3.8) is 0 Å². The second-order valence-corrected chi connectivity index (χ2v) is 10.4.